The number of rotatable bonds is 4. The first-order valence-corrected chi connectivity index (χ1v) is 9.08. The van der Waals surface area contributed by atoms with Crippen LogP contribution in [-0.4, -0.2) is 40.0 Å². The third-order valence-corrected chi connectivity index (χ3v) is 5.51. The van der Waals surface area contributed by atoms with Gasteiger partial charge < -0.3 is 9.47 Å². The molecule has 26 heavy (non-hydrogen) atoms. The van der Waals surface area contributed by atoms with Gasteiger partial charge in [-0.15, -0.1) is 0 Å². The Labute approximate surface area is 153 Å². The van der Waals surface area contributed by atoms with Crippen LogP contribution in [0.4, 0.5) is 8.78 Å². The van der Waals surface area contributed by atoms with Crippen LogP contribution in [0.5, 0.6) is 0 Å². The Kier molecular flexibility index (Phi) is 4.73. The molecule has 3 atom stereocenters. The van der Waals surface area contributed by atoms with Gasteiger partial charge in [-0.25, -0.2) is 18.7 Å². The van der Waals surface area contributed by atoms with E-state index in [1.165, 1.54) is 17.8 Å². The number of hydrogen-bond donors (Lipinski definition) is 0. The van der Waals surface area contributed by atoms with Crippen molar-refractivity contribution in [2.75, 3.05) is 6.61 Å². The van der Waals surface area contributed by atoms with Crippen LogP contribution in [0.3, 0.4) is 0 Å². The lowest BCUT2D eigenvalue weighted by molar-refractivity contribution is -0.151. The molecular weight excluding hydrogens is 362 g/mol. The normalized spacial score (nSPS) is 25.1. The number of alkyl halides is 2. The van der Waals surface area contributed by atoms with Crippen molar-refractivity contribution in [2.24, 2.45) is 0 Å². The van der Waals surface area contributed by atoms with Crippen LogP contribution < -0.4 is 0 Å². The third-order valence-electron chi connectivity index (χ3n) is 4.34. The van der Waals surface area contributed by atoms with Crippen molar-refractivity contribution >= 4 is 17.5 Å². The summed E-state index contributed by atoms with van der Waals surface area (Å²) in [7, 11) is 0. The Morgan fingerprint density at radius 3 is 2.73 bits per heavy atom. The smallest absolute Gasteiger partial charge is 0.280 e. The maximum atomic E-state index is 13.3. The van der Waals surface area contributed by atoms with E-state index in [1.807, 2.05) is 31.2 Å². The van der Waals surface area contributed by atoms with Crippen LogP contribution in [0.25, 0.3) is 11.3 Å². The van der Waals surface area contributed by atoms with Crippen molar-refractivity contribution in [3.63, 3.8) is 0 Å². The molecule has 2 fully saturated rings. The number of carbonyl (C=O) groups is 1. The zero-order chi connectivity index (χ0) is 18.3. The van der Waals surface area contributed by atoms with E-state index in [2.05, 4.69) is 9.97 Å². The molecule has 2 aromatic rings. The van der Waals surface area contributed by atoms with E-state index in [4.69, 9.17) is 9.47 Å². The number of ketones is 1. The van der Waals surface area contributed by atoms with Crippen LogP contribution in [-0.2, 0) is 14.3 Å². The van der Waals surface area contributed by atoms with Crippen LogP contribution in [0.1, 0.15) is 24.1 Å². The molecule has 2 saturated heterocycles. The molecule has 5 nitrogen and oxygen atoms in total. The number of hydrogen-bond acceptors (Lipinski definition) is 6. The van der Waals surface area contributed by atoms with E-state index in [-0.39, 0.29) is 34.4 Å². The number of ether oxygens (including phenoxy) is 2. The Morgan fingerprint density at radius 1 is 1.23 bits per heavy atom. The number of benzene rings is 1. The number of nitrogens with zero attached hydrogens (tertiary/aromatic N) is 2. The molecule has 2 bridgehead atoms. The fourth-order valence-electron chi connectivity index (χ4n) is 2.94. The largest absolute Gasteiger partial charge is 0.343 e. The highest BCUT2D eigenvalue weighted by Gasteiger charge is 2.44. The lowest BCUT2D eigenvalue weighted by Crippen LogP contribution is -2.37. The third kappa shape index (κ3) is 3.49. The summed E-state index contributed by atoms with van der Waals surface area (Å²) in [6.45, 7) is 2.26. The van der Waals surface area contributed by atoms with Crippen molar-refractivity contribution in [3.05, 3.63) is 41.6 Å². The Balaban J connectivity index is 1.65. The van der Waals surface area contributed by atoms with Gasteiger partial charge >= 0.3 is 0 Å². The number of aromatic nitrogens is 2. The molecule has 0 saturated carbocycles. The van der Waals surface area contributed by atoms with Crippen molar-refractivity contribution in [3.8, 4) is 11.3 Å². The highest BCUT2D eigenvalue weighted by Crippen LogP contribution is 2.36. The molecule has 0 spiro atoms. The molecule has 0 unspecified atom stereocenters. The van der Waals surface area contributed by atoms with Gasteiger partial charge in [0.1, 0.15) is 5.69 Å². The maximum absolute atomic E-state index is 13.3. The average molecular weight is 378 g/mol. The molecule has 2 aliphatic rings. The zero-order valence-electron chi connectivity index (χ0n) is 13.9. The van der Waals surface area contributed by atoms with Gasteiger partial charge in [0.05, 0.1) is 18.4 Å². The van der Waals surface area contributed by atoms with E-state index < -0.39 is 12.7 Å². The highest BCUT2D eigenvalue weighted by atomic mass is 32.2. The number of thioether (sulfide) groups is 1. The summed E-state index contributed by atoms with van der Waals surface area (Å²) < 4.78 is 37.4. The number of halogens is 2. The van der Waals surface area contributed by atoms with Gasteiger partial charge in [0.15, 0.2) is 10.9 Å². The summed E-state index contributed by atoms with van der Waals surface area (Å²) >= 11 is 1.19. The molecule has 0 amide bonds. The molecule has 1 aromatic heterocycles. The summed E-state index contributed by atoms with van der Waals surface area (Å²) in [6, 6.07) is 8.77. The van der Waals surface area contributed by atoms with Crippen molar-refractivity contribution in [1.29, 1.82) is 0 Å². The molecule has 136 valence electrons. The summed E-state index contributed by atoms with van der Waals surface area (Å²) in [5, 5.41) is -0.0369. The first-order chi connectivity index (χ1) is 12.5. The second-order valence-electron chi connectivity index (χ2n) is 6.29. The zero-order valence-corrected chi connectivity index (χ0v) is 14.7. The lowest BCUT2D eigenvalue weighted by atomic mass is 10.1. The predicted molar refractivity (Wildman–Crippen MR) is 91.0 cm³/mol. The van der Waals surface area contributed by atoms with Gasteiger partial charge in [0.25, 0.3) is 6.43 Å². The van der Waals surface area contributed by atoms with E-state index in [1.54, 1.807) is 0 Å². The Morgan fingerprint density at radius 2 is 2.00 bits per heavy atom. The van der Waals surface area contributed by atoms with Crippen LogP contribution in [0, 0.1) is 6.92 Å². The van der Waals surface area contributed by atoms with E-state index >= 15 is 0 Å². The van der Waals surface area contributed by atoms with Gasteiger partial charge in [-0.3, -0.25) is 4.79 Å². The maximum Gasteiger partial charge on any atom is 0.280 e. The summed E-state index contributed by atoms with van der Waals surface area (Å²) in [5.74, 6) is -0.139. The first-order valence-electron chi connectivity index (χ1n) is 8.20. The predicted octanol–water partition coefficient (Wildman–Crippen LogP) is 3.56. The molecule has 0 aliphatic carbocycles. The van der Waals surface area contributed by atoms with Crippen molar-refractivity contribution < 1.29 is 23.0 Å². The van der Waals surface area contributed by atoms with Gasteiger partial charge in [0, 0.05) is 17.2 Å². The molecule has 1 aromatic carbocycles. The van der Waals surface area contributed by atoms with Gasteiger partial charge in [-0.1, -0.05) is 41.6 Å². The molecule has 8 heteroatoms. The summed E-state index contributed by atoms with van der Waals surface area (Å²) in [6.07, 6.45) is -3.50. The van der Waals surface area contributed by atoms with Crippen LogP contribution >= 0.6 is 11.8 Å². The number of Topliss-reactive ketones (excluding diaryl/α,β-unsaturated/α-hetero) is 1. The first kappa shape index (κ1) is 17.5. The Bertz CT molecular complexity index is 832. The fourth-order valence-corrected chi connectivity index (χ4v) is 4.06. The number of fused-ring (bicyclic) bond motifs is 2. The second kappa shape index (κ2) is 7.02. The molecule has 3 heterocycles. The van der Waals surface area contributed by atoms with E-state index in [0.29, 0.717) is 12.3 Å². The SMILES string of the molecule is Cc1ccc(-c2cc(C(F)F)nc(S[C@H]3CC(=O)[C@H]4OC[C@H]3O4)n2)cc1. The summed E-state index contributed by atoms with van der Waals surface area (Å²) in [5.41, 5.74) is 1.91. The summed E-state index contributed by atoms with van der Waals surface area (Å²) in [4.78, 5) is 20.3. The van der Waals surface area contributed by atoms with E-state index in [0.717, 1.165) is 11.1 Å². The molecule has 0 radical (unpaired) electrons. The highest BCUT2D eigenvalue weighted by molar-refractivity contribution is 7.99. The molecule has 4 rings (SSSR count). The van der Waals surface area contributed by atoms with Gasteiger partial charge in [0.2, 0.25) is 6.29 Å². The average Bonchev–Trinajstić information content (AvgIpc) is 3.06. The second-order valence-corrected chi connectivity index (χ2v) is 7.50. The topological polar surface area (TPSA) is 61.3 Å². The lowest BCUT2D eigenvalue weighted by Gasteiger charge is -2.25. The molecule has 0 N–H and O–H groups in total. The fraction of sp³-hybridized carbons (Fsp3) is 0.389. The van der Waals surface area contributed by atoms with Crippen molar-refractivity contribution in [2.45, 2.75) is 42.6 Å². The van der Waals surface area contributed by atoms with Gasteiger partial charge in [-0.05, 0) is 13.0 Å². The minimum atomic E-state index is -2.70. The minimum Gasteiger partial charge on any atom is -0.343 e. The van der Waals surface area contributed by atoms with Gasteiger partial charge in [-0.2, -0.15) is 0 Å². The van der Waals surface area contributed by atoms with Crippen LogP contribution in [0.15, 0.2) is 35.5 Å². The Hall–Kier alpha value is -1.90. The van der Waals surface area contributed by atoms with Crippen molar-refractivity contribution in [1.82, 2.24) is 9.97 Å². The minimum absolute atomic E-state index is 0.139. The molecular formula is C18H16F2N2O3S. The monoisotopic (exact) mass is 378 g/mol. The molecule has 2 aliphatic heterocycles. The van der Waals surface area contributed by atoms with E-state index in [9.17, 15) is 13.6 Å². The number of aryl methyl sites for hydroxylation is 1. The van der Waals surface area contributed by atoms with Crippen LogP contribution in [0.2, 0.25) is 0 Å². The number of carbonyl (C=O) groups excluding carboxylic acids is 1. The standard InChI is InChI=1S/C18H16F2N2O3S/c1-9-2-4-10(5-3-9)11-6-12(16(19)20)22-18(21-11)26-15-7-13(23)17-24-8-14(15)25-17/h2-6,14-17H,7-8H2,1H3/t14-,15+,17+/m1/s1. The quantitative estimate of drug-likeness (QED) is 0.758.